The van der Waals surface area contributed by atoms with Gasteiger partial charge in [-0.15, -0.1) is 0 Å². The Labute approximate surface area is 105 Å². The first kappa shape index (κ1) is 12.4. The number of aromatic hydroxyl groups is 1. The molecule has 2 rings (SSSR count). The van der Waals surface area contributed by atoms with Crippen molar-refractivity contribution in [1.82, 2.24) is 10.2 Å². The molecule has 0 aliphatic carbocycles. The van der Waals surface area contributed by atoms with Crippen molar-refractivity contribution in [3.63, 3.8) is 0 Å². The van der Waals surface area contributed by atoms with E-state index in [1.165, 1.54) is 0 Å². The van der Waals surface area contributed by atoms with Crippen LogP contribution in [-0.4, -0.2) is 34.9 Å². The Balaban J connectivity index is 1.95. The van der Waals surface area contributed by atoms with Gasteiger partial charge in [-0.2, -0.15) is 0 Å². The summed E-state index contributed by atoms with van der Waals surface area (Å²) in [6.45, 7) is 0.464. The number of nitrogens with one attached hydrogen (secondary N) is 1. The molecule has 0 radical (unpaired) electrons. The van der Waals surface area contributed by atoms with Crippen LogP contribution in [0.3, 0.4) is 0 Å². The van der Waals surface area contributed by atoms with Gasteiger partial charge in [0.15, 0.2) is 0 Å². The molecule has 1 saturated heterocycles. The molecule has 96 valence electrons. The Hall–Kier alpha value is -2.04. The van der Waals surface area contributed by atoms with E-state index in [2.05, 4.69) is 5.32 Å². The summed E-state index contributed by atoms with van der Waals surface area (Å²) in [5, 5.41) is 11.8. The number of likely N-dealkylation sites (N-methyl/N-ethyl adjacent to an activating group) is 1. The number of rotatable bonds is 3. The van der Waals surface area contributed by atoms with E-state index in [1.54, 1.807) is 36.2 Å². The standard InChI is InChI=1S/C13H16N2O3/c1-15(8-9-2-4-10(16)5-3-9)13(18)11-6-7-12(17)14-11/h2-5,11,16H,6-8H2,1H3,(H,14,17). The predicted molar refractivity (Wildman–Crippen MR) is 65.7 cm³/mol. The molecule has 0 saturated carbocycles. The van der Waals surface area contributed by atoms with Gasteiger partial charge in [0.2, 0.25) is 11.8 Å². The number of benzene rings is 1. The molecule has 1 aliphatic rings. The summed E-state index contributed by atoms with van der Waals surface area (Å²) in [4.78, 5) is 24.7. The number of hydrogen-bond acceptors (Lipinski definition) is 3. The summed E-state index contributed by atoms with van der Waals surface area (Å²) >= 11 is 0. The van der Waals surface area contributed by atoms with Gasteiger partial charge < -0.3 is 15.3 Å². The highest BCUT2D eigenvalue weighted by Crippen LogP contribution is 2.13. The number of hydrogen-bond donors (Lipinski definition) is 2. The number of phenolic OH excluding ortho intramolecular Hbond substituents is 1. The predicted octanol–water partition coefficient (Wildman–Crippen LogP) is 0.629. The first-order chi connectivity index (χ1) is 8.56. The van der Waals surface area contributed by atoms with Crippen LogP contribution >= 0.6 is 0 Å². The minimum atomic E-state index is -0.389. The van der Waals surface area contributed by atoms with Gasteiger partial charge in [-0.1, -0.05) is 12.1 Å². The van der Waals surface area contributed by atoms with E-state index in [0.29, 0.717) is 19.4 Å². The summed E-state index contributed by atoms with van der Waals surface area (Å²) < 4.78 is 0. The Morgan fingerprint density at radius 2 is 2.11 bits per heavy atom. The minimum absolute atomic E-state index is 0.0635. The van der Waals surface area contributed by atoms with Crippen LogP contribution in [-0.2, 0) is 16.1 Å². The number of nitrogens with zero attached hydrogens (tertiary/aromatic N) is 1. The van der Waals surface area contributed by atoms with E-state index in [9.17, 15) is 14.7 Å². The van der Waals surface area contributed by atoms with Crippen molar-refractivity contribution in [2.75, 3.05) is 7.05 Å². The van der Waals surface area contributed by atoms with Crippen LogP contribution in [0.2, 0.25) is 0 Å². The fraction of sp³-hybridized carbons (Fsp3) is 0.385. The summed E-state index contributed by atoms with van der Waals surface area (Å²) in [5.74, 6) is 0.0658. The highest BCUT2D eigenvalue weighted by molar-refractivity contribution is 5.90. The average Bonchev–Trinajstić information content (AvgIpc) is 2.78. The lowest BCUT2D eigenvalue weighted by Gasteiger charge is -2.21. The van der Waals surface area contributed by atoms with Crippen LogP contribution in [0.25, 0.3) is 0 Å². The Morgan fingerprint density at radius 1 is 1.44 bits per heavy atom. The van der Waals surface area contributed by atoms with Crippen molar-refractivity contribution in [1.29, 1.82) is 0 Å². The van der Waals surface area contributed by atoms with Crippen LogP contribution in [0.4, 0.5) is 0 Å². The zero-order valence-corrected chi connectivity index (χ0v) is 10.2. The molecule has 1 unspecified atom stereocenters. The third-order valence-corrected chi connectivity index (χ3v) is 3.03. The molecule has 1 fully saturated rings. The molecule has 0 aromatic heterocycles. The van der Waals surface area contributed by atoms with Crippen molar-refractivity contribution in [2.45, 2.75) is 25.4 Å². The Morgan fingerprint density at radius 3 is 2.67 bits per heavy atom. The summed E-state index contributed by atoms with van der Waals surface area (Å²) in [5.41, 5.74) is 0.938. The quantitative estimate of drug-likeness (QED) is 0.824. The molecule has 2 amide bonds. The first-order valence-electron chi connectivity index (χ1n) is 5.88. The van der Waals surface area contributed by atoms with Crippen LogP contribution in [0.1, 0.15) is 18.4 Å². The lowest BCUT2D eigenvalue weighted by Crippen LogP contribution is -2.42. The molecule has 18 heavy (non-hydrogen) atoms. The monoisotopic (exact) mass is 248 g/mol. The van der Waals surface area contributed by atoms with Crippen molar-refractivity contribution >= 4 is 11.8 Å². The molecule has 2 N–H and O–H groups in total. The van der Waals surface area contributed by atoms with E-state index in [0.717, 1.165) is 5.56 Å². The molecule has 1 aromatic carbocycles. The molecule has 1 aliphatic heterocycles. The van der Waals surface area contributed by atoms with E-state index < -0.39 is 0 Å². The molecule has 5 heteroatoms. The second-order valence-corrected chi connectivity index (χ2v) is 4.52. The number of carbonyl (C=O) groups is 2. The van der Waals surface area contributed by atoms with Gasteiger partial charge in [-0.05, 0) is 24.1 Å². The molecular formula is C13H16N2O3. The van der Waals surface area contributed by atoms with Crippen LogP contribution in [0.15, 0.2) is 24.3 Å². The van der Waals surface area contributed by atoms with Gasteiger partial charge in [0.05, 0.1) is 0 Å². The number of phenols is 1. The van der Waals surface area contributed by atoms with Crippen molar-refractivity contribution in [3.8, 4) is 5.75 Å². The molecule has 1 heterocycles. The molecular weight excluding hydrogens is 232 g/mol. The van der Waals surface area contributed by atoms with Crippen molar-refractivity contribution < 1.29 is 14.7 Å². The summed E-state index contributed by atoms with van der Waals surface area (Å²) in [6.07, 6.45) is 0.987. The Bertz CT molecular complexity index is 456. The van der Waals surface area contributed by atoms with Gasteiger partial charge in [0, 0.05) is 20.0 Å². The van der Waals surface area contributed by atoms with Gasteiger partial charge in [-0.3, -0.25) is 9.59 Å². The van der Waals surface area contributed by atoms with Crippen LogP contribution in [0.5, 0.6) is 5.75 Å². The summed E-state index contributed by atoms with van der Waals surface area (Å²) in [6, 6.07) is 6.33. The zero-order valence-electron chi connectivity index (χ0n) is 10.2. The lowest BCUT2D eigenvalue weighted by molar-refractivity contribution is -0.133. The maximum absolute atomic E-state index is 12.0. The number of carbonyl (C=O) groups excluding carboxylic acids is 2. The fourth-order valence-electron chi connectivity index (χ4n) is 2.02. The third-order valence-electron chi connectivity index (χ3n) is 3.03. The largest absolute Gasteiger partial charge is 0.508 e. The van der Waals surface area contributed by atoms with Gasteiger partial charge in [0.1, 0.15) is 11.8 Å². The average molecular weight is 248 g/mol. The Kier molecular flexibility index (Phi) is 3.50. The number of amides is 2. The van der Waals surface area contributed by atoms with Crippen LogP contribution in [0, 0.1) is 0 Å². The maximum Gasteiger partial charge on any atom is 0.245 e. The molecule has 1 aromatic rings. The second-order valence-electron chi connectivity index (χ2n) is 4.52. The van der Waals surface area contributed by atoms with E-state index in [-0.39, 0.29) is 23.6 Å². The highest BCUT2D eigenvalue weighted by Gasteiger charge is 2.29. The van der Waals surface area contributed by atoms with E-state index in [4.69, 9.17) is 0 Å². The molecule has 0 spiro atoms. The maximum atomic E-state index is 12.0. The van der Waals surface area contributed by atoms with Crippen molar-refractivity contribution in [2.24, 2.45) is 0 Å². The van der Waals surface area contributed by atoms with Gasteiger partial charge in [0.25, 0.3) is 0 Å². The molecule has 5 nitrogen and oxygen atoms in total. The van der Waals surface area contributed by atoms with E-state index in [1.807, 2.05) is 0 Å². The lowest BCUT2D eigenvalue weighted by atomic mass is 10.1. The van der Waals surface area contributed by atoms with Gasteiger partial charge in [-0.25, -0.2) is 0 Å². The second kappa shape index (κ2) is 5.08. The summed E-state index contributed by atoms with van der Waals surface area (Å²) in [7, 11) is 1.71. The smallest absolute Gasteiger partial charge is 0.245 e. The van der Waals surface area contributed by atoms with Crippen molar-refractivity contribution in [3.05, 3.63) is 29.8 Å². The first-order valence-corrected chi connectivity index (χ1v) is 5.88. The molecule has 0 bridgehead atoms. The highest BCUT2D eigenvalue weighted by atomic mass is 16.3. The SMILES string of the molecule is CN(Cc1ccc(O)cc1)C(=O)C1CCC(=O)N1. The van der Waals surface area contributed by atoms with Gasteiger partial charge >= 0.3 is 0 Å². The topological polar surface area (TPSA) is 69.6 Å². The minimum Gasteiger partial charge on any atom is -0.508 e. The fourth-order valence-corrected chi connectivity index (χ4v) is 2.02. The zero-order chi connectivity index (χ0) is 13.1. The van der Waals surface area contributed by atoms with Crippen LogP contribution < -0.4 is 5.32 Å². The third kappa shape index (κ3) is 2.80. The normalized spacial score (nSPS) is 18.5. The molecule has 1 atom stereocenters. The van der Waals surface area contributed by atoms with E-state index >= 15 is 0 Å².